The molecule has 2 amide bonds. The molecule has 188 valence electrons. The molecular formula is C23H36N6O5. The maximum absolute atomic E-state index is 13.4. The summed E-state index contributed by atoms with van der Waals surface area (Å²) >= 11 is 0. The van der Waals surface area contributed by atoms with E-state index in [-0.39, 0.29) is 18.6 Å². The van der Waals surface area contributed by atoms with E-state index >= 15 is 0 Å². The van der Waals surface area contributed by atoms with E-state index in [0.717, 1.165) is 18.5 Å². The third kappa shape index (κ3) is 6.64. The van der Waals surface area contributed by atoms with Gasteiger partial charge in [0.15, 0.2) is 0 Å². The van der Waals surface area contributed by atoms with Gasteiger partial charge in [-0.15, -0.1) is 0 Å². The summed E-state index contributed by atoms with van der Waals surface area (Å²) < 4.78 is 10.4. The number of carbonyl (C=O) groups excluding carboxylic acids is 2. The number of rotatable bonds is 11. The minimum atomic E-state index is -0.683. The standard InChI is InChI=1S/C23H36N6O5/c1-14-5-8-18(21(28-14)26-9-4-10-27-23(32)33-3)20(24)15(2)29(16-6-7-16)22(31)19-12-25-11-17(13-30)34-19/h5,8,15-17,19,24-25,30H,4,6-7,9-13H2,1-3H3,(H,26,28)(H,27,32)/t15-,17+,19-/m1/s1. The fourth-order valence-electron chi connectivity index (χ4n) is 3.99. The fourth-order valence-corrected chi connectivity index (χ4v) is 3.99. The molecule has 1 saturated heterocycles. The Labute approximate surface area is 200 Å². The Kier molecular flexibility index (Phi) is 9.20. The smallest absolute Gasteiger partial charge is 0.406 e. The first-order valence-corrected chi connectivity index (χ1v) is 11.8. The largest absolute Gasteiger partial charge is 0.453 e. The molecule has 0 spiro atoms. The van der Waals surface area contributed by atoms with E-state index in [4.69, 9.17) is 10.1 Å². The van der Waals surface area contributed by atoms with Crippen molar-refractivity contribution >= 4 is 23.5 Å². The van der Waals surface area contributed by atoms with Gasteiger partial charge in [-0.05, 0) is 45.2 Å². The van der Waals surface area contributed by atoms with E-state index in [1.807, 2.05) is 26.0 Å². The highest BCUT2D eigenvalue weighted by atomic mass is 16.5. The molecule has 11 heteroatoms. The van der Waals surface area contributed by atoms with E-state index in [1.165, 1.54) is 7.11 Å². The fraction of sp³-hybridized carbons (Fsp3) is 0.652. The van der Waals surface area contributed by atoms with Crippen molar-refractivity contribution in [1.82, 2.24) is 20.5 Å². The van der Waals surface area contributed by atoms with Gasteiger partial charge in [-0.3, -0.25) is 4.79 Å². The first kappa shape index (κ1) is 25.9. The molecular weight excluding hydrogens is 440 g/mol. The molecule has 3 atom stereocenters. The molecule has 34 heavy (non-hydrogen) atoms. The minimum absolute atomic E-state index is 0.0835. The molecule has 11 nitrogen and oxygen atoms in total. The zero-order chi connectivity index (χ0) is 24.7. The van der Waals surface area contributed by atoms with Crippen molar-refractivity contribution in [2.24, 2.45) is 0 Å². The summed E-state index contributed by atoms with van der Waals surface area (Å²) in [7, 11) is 1.32. The summed E-state index contributed by atoms with van der Waals surface area (Å²) in [5.41, 5.74) is 1.74. The van der Waals surface area contributed by atoms with Crippen molar-refractivity contribution in [3.05, 3.63) is 23.4 Å². The second kappa shape index (κ2) is 12.1. The molecule has 1 aliphatic heterocycles. The summed E-state index contributed by atoms with van der Waals surface area (Å²) in [6.07, 6.45) is 0.881. The lowest BCUT2D eigenvalue weighted by atomic mass is 10.0. The lowest BCUT2D eigenvalue weighted by Crippen LogP contribution is -2.56. The van der Waals surface area contributed by atoms with Crippen molar-refractivity contribution < 1.29 is 24.2 Å². The summed E-state index contributed by atoms with van der Waals surface area (Å²) in [6, 6.07) is 3.32. The van der Waals surface area contributed by atoms with Gasteiger partial charge >= 0.3 is 6.09 Å². The molecule has 1 saturated carbocycles. The van der Waals surface area contributed by atoms with Crippen LogP contribution in [0.2, 0.25) is 0 Å². The summed E-state index contributed by atoms with van der Waals surface area (Å²) in [5, 5.41) is 27.4. The van der Waals surface area contributed by atoms with Gasteiger partial charge in [-0.1, -0.05) is 0 Å². The average Bonchev–Trinajstić information content (AvgIpc) is 3.68. The van der Waals surface area contributed by atoms with Gasteiger partial charge in [0.05, 0.1) is 31.6 Å². The van der Waals surface area contributed by atoms with Crippen LogP contribution in [0.5, 0.6) is 0 Å². The molecule has 5 N–H and O–H groups in total. The topological polar surface area (TPSA) is 149 Å². The third-order valence-electron chi connectivity index (χ3n) is 5.99. The van der Waals surface area contributed by atoms with Crippen molar-refractivity contribution in [3.63, 3.8) is 0 Å². The number of anilines is 1. The van der Waals surface area contributed by atoms with Gasteiger partial charge in [-0.2, -0.15) is 0 Å². The number of methoxy groups -OCH3 is 1. The maximum atomic E-state index is 13.4. The number of morpholine rings is 1. The van der Waals surface area contributed by atoms with Crippen molar-refractivity contribution in [3.8, 4) is 0 Å². The molecule has 0 bridgehead atoms. The third-order valence-corrected chi connectivity index (χ3v) is 5.99. The Morgan fingerprint density at radius 1 is 1.35 bits per heavy atom. The van der Waals surface area contributed by atoms with E-state index in [2.05, 4.69) is 25.7 Å². The zero-order valence-electron chi connectivity index (χ0n) is 20.1. The number of nitrogens with one attached hydrogen (secondary N) is 4. The predicted molar refractivity (Wildman–Crippen MR) is 127 cm³/mol. The van der Waals surface area contributed by atoms with Crippen molar-refractivity contribution in [2.75, 3.05) is 45.2 Å². The van der Waals surface area contributed by atoms with Gasteiger partial charge in [-0.25, -0.2) is 9.78 Å². The Morgan fingerprint density at radius 3 is 2.79 bits per heavy atom. The Hall–Kier alpha value is -2.76. The lowest BCUT2D eigenvalue weighted by Gasteiger charge is -2.36. The predicted octanol–water partition coefficient (Wildman–Crippen LogP) is 0.645. The quantitative estimate of drug-likeness (QED) is 0.231. The number of pyridine rings is 1. The van der Waals surface area contributed by atoms with Gasteiger partial charge in [0.25, 0.3) is 5.91 Å². The van der Waals surface area contributed by atoms with Gasteiger partial charge in [0.1, 0.15) is 11.9 Å². The van der Waals surface area contributed by atoms with Crippen LogP contribution in [0.4, 0.5) is 10.6 Å². The van der Waals surface area contributed by atoms with Crippen LogP contribution in [0.1, 0.15) is 37.4 Å². The summed E-state index contributed by atoms with van der Waals surface area (Å²) in [5.74, 6) is 0.419. The van der Waals surface area contributed by atoms with E-state index < -0.39 is 24.3 Å². The highest BCUT2D eigenvalue weighted by Gasteiger charge is 2.42. The van der Waals surface area contributed by atoms with Crippen LogP contribution in [0, 0.1) is 12.3 Å². The van der Waals surface area contributed by atoms with E-state index in [0.29, 0.717) is 49.7 Å². The Morgan fingerprint density at radius 2 is 2.12 bits per heavy atom. The van der Waals surface area contributed by atoms with Crippen LogP contribution >= 0.6 is 0 Å². The Balaban J connectivity index is 1.69. The van der Waals surface area contributed by atoms with Crippen LogP contribution in [-0.2, 0) is 14.3 Å². The number of aromatic nitrogens is 1. The first-order valence-electron chi connectivity index (χ1n) is 11.8. The SMILES string of the molecule is COC(=O)NCCCNc1nc(C)ccc1C(=N)[C@@H](C)N(C(=O)[C@H]1CNC[C@@H](CO)O1)C1CC1. The number of nitrogens with zero attached hydrogens (tertiary/aromatic N) is 2. The number of aryl methyl sites for hydroxylation is 1. The van der Waals surface area contributed by atoms with E-state index in [1.54, 1.807) is 4.90 Å². The van der Waals surface area contributed by atoms with E-state index in [9.17, 15) is 14.7 Å². The molecule has 2 aliphatic rings. The zero-order valence-corrected chi connectivity index (χ0v) is 20.1. The number of ether oxygens (including phenoxy) is 2. The number of aliphatic hydroxyl groups excluding tert-OH is 1. The average molecular weight is 477 g/mol. The lowest BCUT2D eigenvalue weighted by molar-refractivity contribution is -0.153. The number of amides is 2. The van der Waals surface area contributed by atoms with Crippen LogP contribution < -0.4 is 16.0 Å². The Bertz CT molecular complexity index is 877. The molecule has 1 aliphatic carbocycles. The molecule has 2 fully saturated rings. The van der Waals surface area contributed by atoms with Gasteiger partial charge in [0, 0.05) is 43.5 Å². The van der Waals surface area contributed by atoms with Crippen LogP contribution in [0.15, 0.2) is 12.1 Å². The summed E-state index contributed by atoms with van der Waals surface area (Å²) in [6.45, 7) is 5.48. The van der Waals surface area contributed by atoms with Gasteiger partial charge in [0.2, 0.25) is 0 Å². The molecule has 0 radical (unpaired) electrons. The van der Waals surface area contributed by atoms with Crippen LogP contribution in [-0.4, -0.2) is 96.9 Å². The highest BCUT2D eigenvalue weighted by Crippen LogP contribution is 2.31. The monoisotopic (exact) mass is 476 g/mol. The second-order valence-corrected chi connectivity index (χ2v) is 8.70. The van der Waals surface area contributed by atoms with Gasteiger partial charge < -0.3 is 40.8 Å². The number of alkyl carbamates (subject to hydrolysis) is 1. The molecule has 0 unspecified atom stereocenters. The molecule has 2 heterocycles. The summed E-state index contributed by atoms with van der Waals surface area (Å²) in [4.78, 5) is 30.9. The number of hydrogen-bond donors (Lipinski definition) is 5. The normalized spacial score (nSPS) is 20.8. The van der Waals surface area contributed by atoms with Crippen molar-refractivity contribution in [2.45, 2.75) is 57.4 Å². The molecule has 3 rings (SSSR count). The molecule has 1 aromatic heterocycles. The molecule has 1 aromatic rings. The van der Waals surface area contributed by atoms with Crippen LogP contribution in [0.3, 0.4) is 0 Å². The van der Waals surface area contributed by atoms with Crippen LogP contribution in [0.25, 0.3) is 0 Å². The number of aliphatic hydroxyl groups is 1. The van der Waals surface area contributed by atoms with Crippen molar-refractivity contribution in [1.29, 1.82) is 5.41 Å². The minimum Gasteiger partial charge on any atom is -0.453 e. The first-order chi connectivity index (χ1) is 16.3. The highest BCUT2D eigenvalue weighted by molar-refractivity contribution is 6.07. The number of hydrogen-bond acceptors (Lipinski definition) is 9. The second-order valence-electron chi connectivity index (χ2n) is 8.70. The number of carbonyl (C=O) groups is 2. The maximum Gasteiger partial charge on any atom is 0.406 e. The molecule has 0 aromatic carbocycles.